The molecule has 1 aromatic rings. The van der Waals surface area contributed by atoms with Crippen molar-refractivity contribution >= 4 is 11.8 Å². The minimum atomic E-state index is -0.526. The molecule has 0 saturated carbocycles. The van der Waals surface area contributed by atoms with Crippen molar-refractivity contribution in [2.45, 2.75) is 6.42 Å². The Balaban J connectivity index is 3.02. The van der Waals surface area contributed by atoms with Gasteiger partial charge in [-0.3, -0.25) is 10.1 Å². The van der Waals surface area contributed by atoms with E-state index in [0.29, 0.717) is 17.7 Å². The second-order valence-corrected chi connectivity index (χ2v) is 2.88. The van der Waals surface area contributed by atoms with Crippen LogP contribution >= 0.6 is 0 Å². The van der Waals surface area contributed by atoms with E-state index in [4.69, 9.17) is 5.73 Å². The van der Waals surface area contributed by atoms with Crippen molar-refractivity contribution in [1.82, 2.24) is 0 Å². The summed E-state index contributed by atoms with van der Waals surface area (Å²) in [5.74, 6) is 0. The Labute approximate surface area is 86.4 Å². The van der Waals surface area contributed by atoms with Gasteiger partial charge in [0, 0.05) is 0 Å². The van der Waals surface area contributed by atoms with Gasteiger partial charge in [-0.1, -0.05) is 6.08 Å². The Morgan fingerprint density at radius 1 is 1.60 bits per heavy atom. The van der Waals surface area contributed by atoms with Gasteiger partial charge in [0.05, 0.1) is 11.0 Å². The molecule has 0 aliphatic carbocycles. The molecular formula is C9H11N3O3. The summed E-state index contributed by atoms with van der Waals surface area (Å²) in [6, 6.07) is 1.18. The number of nitrogens with zero attached hydrogens (tertiary/aromatic N) is 2. The Bertz CT molecular complexity index is 390. The van der Waals surface area contributed by atoms with Gasteiger partial charge < -0.3 is 10.9 Å². The van der Waals surface area contributed by atoms with Crippen LogP contribution in [0.1, 0.15) is 12.0 Å². The van der Waals surface area contributed by atoms with Crippen LogP contribution in [0.5, 0.6) is 0 Å². The lowest BCUT2D eigenvalue weighted by Crippen LogP contribution is -2.24. The van der Waals surface area contributed by atoms with Crippen LogP contribution in [-0.4, -0.2) is 11.5 Å². The summed E-state index contributed by atoms with van der Waals surface area (Å²) in [6.45, 7) is 0.467. The van der Waals surface area contributed by atoms with Crippen molar-refractivity contribution in [3.63, 3.8) is 0 Å². The van der Waals surface area contributed by atoms with E-state index >= 15 is 0 Å². The van der Waals surface area contributed by atoms with E-state index in [9.17, 15) is 15.3 Å². The zero-order valence-corrected chi connectivity index (χ0v) is 8.00. The molecule has 1 rings (SSSR count). The van der Waals surface area contributed by atoms with E-state index in [1.807, 2.05) is 0 Å². The third-order valence-electron chi connectivity index (χ3n) is 1.77. The molecule has 0 amide bonds. The van der Waals surface area contributed by atoms with Gasteiger partial charge in [-0.25, -0.2) is 0 Å². The normalized spacial score (nSPS) is 10.7. The third-order valence-corrected chi connectivity index (χ3v) is 1.77. The third kappa shape index (κ3) is 3.03. The van der Waals surface area contributed by atoms with Gasteiger partial charge in [-0.2, -0.15) is 4.73 Å². The summed E-state index contributed by atoms with van der Waals surface area (Å²) in [7, 11) is 0. The van der Waals surface area contributed by atoms with Gasteiger partial charge in [0.25, 0.3) is 5.69 Å². The first kappa shape index (κ1) is 11.1. The minimum absolute atomic E-state index is 0.0876. The van der Waals surface area contributed by atoms with Crippen molar-refractivity contribution in [3.8, 4) is 0 Å². The summed E-state index contributed by atoms with van der Waals surface area (Å²) < 4.78 is 0.523. The average Bonchev–Trinajstić information content (AvgIpc) is 2.18. The Hall–Kier alpha value is -1.95. The van der Waals surface area contributed by atoms with Gasteiger partial charge in [0.2, 0.25) is 0 Å². The molecule has 0 atom stereocenters. The molecule has 0 unspecified atom stereocenters. The van der Waals surface area contributed by atoms with Crippen LogP contribution in [0.25, 0.3) is 6.08 Å². The van der Waals surface area contributed by atoms with Crippen LogP contribution in [0.2, 0.25) is 0 Å². The fraction of sp³-hybridized carbons (Fsp3) is 0.222. The number of aromatic nitrogens is 1. The van der Waals surface area contributed by atoms with Gasteiger partial charge in [-0.05, 0) is 19.0 Å². The van der Waals surface area contributed by atoms with E-state index in [-0.39, 0.29) is 11.3 Å². The van der Waals surface area contributed by atoms with Crippen molar-refractivity contribution in [2.75, 3.05) is 6.54 Å². The van der Waals surface area contributed by atoms with E-state index in [1.54, 1.807) is 6.08 Å². The molecule has 2 N–H and O–H groups in total. The van der Waals surface area contributed by atoms with Crippen LogP contribution in [0.15, 0.2) is 24.5 Å². The van der Waals surface area contributed by atoms with E-state index in [1.165, 1.54) is 12.1 Å². The Kier molecular flexibility index (Phi) is 3.75. The van der Waals surface area contributed by atoms with Crippen molar-refractivity contribution in [3.05, 3.63) is 45.4 Å². The Morgan fingerprint density at radius 2 is 2.33 bits per heavy atom. The predicted molar refractivity (Wildman–Crippen MR) is 54.8 cm³/mol. The highest BCUT2D eigenvalue weighted by Crippen LogP contribution is 2.16. The van der Waals surface area contributed by atoms with Gasteiger partial charge in [-0.15, -0.1) is 0 Å². The second-order valence-electron chi connectivity index (χ2n) is 2.88. The highest BCUT2D eigenvalue weighted by molar-refractivity contribution is 5.58. The number of pyridine rings is 1. The molecule has 0 aliphatic rings. The Morgan fingerprint density at radius 3 is 2.93 bits per heavy atom. The number of nitrogens with two attached hydrogens (primary N) is 1. The average molecular weight is 209 g/mol. The molecule has 1 heterocycles. The van der Waals surface area contributed by atoms with Gasteiger partial charge in [0.1, 0.15) is 5.56 Å². The standard InChI is InChI=1S/C9H11N3O3/c10-5-2-1-3-8-7-11(13)6-4-9(8)12(14)15/h1,3-4,6-7H,2,5,10H2. The summed E-state index contributed by atoms with van der Waals surface area (Å²) in [6.07, 6.45) is 6.09. The topological polar surface area (TPSA) is 96.1 Å². The zero-order valence-electron chi connectivity index (χ0n) is 8.00. The quantitative estimate of drug-likeness (QED) is 0.339. The maximum atomic E-state index is 10.9. The molecule has 0 aliphatic heterocycles. The lowest BCUT2D eigenvalue weighted by atomic mass is 10.2. The molecule has 0 fully saturated rings. The van der Waals surface area contributed by atoms with Crippen molar-refractivity contribution < 1.29 is 9.65 Å². The van der Waals surface area contributed by atoms with E-state index in [0.717, 1.165) is 12.4 Å². The molecule has 0 bridgehead atoms. The van der Waals surface area contributed by atoms with Crippen molar-refractivity contribution in [1.29, 1.82) is 0 Å². The van der Waals surface area contributed by atoms with Crippen LogP contribution < -0.4 is 10.5 Å². The molecular weight excluding hydrogens is 198 g/mol. The van der Waals surface area contributed by atoms with Crippen LogP contribution in [-0.2, 0) is 0 Å². The number of hydrogen-bond donors (Lipinski definition) is 1. The van der Waals surface area contributed by atoms with Crippen molar-refractivity contribution in [2.24, 2.45) is 5.73 Å². The smallest absolute Gasteiger partial charge is 0.288 e. The second kappa shape index (κ2) is 5.06. The SMILES string of the molecule is NCCC=Cc1c[n+]([O-])ccc1[N+](=O)[O-]. The van der Waals surface area contributed by atoms with E-state index < -0.39 is 4.92 Å². The molecule has 0 aromatic carbocycles. The molecule has 80 valence electrons. The summed E-state index contributed by atoms with van der Waals surface area (Å²) >= 11 is 0. The largest absolute Gasteiger partial charge is 0.619 e. The van der Waals surface area contributed by atoms with Crippen LogP contribution in [0.3, 0.4) is 0 Å². The molecule has 0 radical (unpaired) electrons. The highest BCUT2D eigenvalue weighted by atomic mass is 16.6. The maximum absolute atomic E-state index is 10.9. The first-order valence-electron chi connectivity index (χ1n) is 4.39. The molecule has 0 saturated heterocycles. The van der Waals surface area contributed by atoms with Gasteiger partial charge >= 0.3 is 0 Å². The maximum Gasteiger partial charge on any atom is 0.288 e. The fourth-order valence-electron chi connectivity index (χ4n) is 1.09. The molecule has 0 spiro atoms. The monoisotopic (exact) mass is 209 g/mol. The number of rotatable bonds is 4. The zero-order chi connectivity index (χ0) is 11.3. The molecule has 15 heavy (non-hydrogen) atoms. The van der Waals surface area contributed by atoms with E-state index in [2.05, 4.69) is 0 Å². The number of hydrogen-bond acceptors (Lipinski definition) is 4. The minimum Gasteiger partial charge on any atom is -0.619 e. The summed E-state index contributed by atoms with van der Waals surface area (Å²) in [5.41, 5.74) is 5.46. The molecule has 6 nitrogen and oxygen atoms in total. The predicted octanol–water partition coefficient (Wildman–Crippen LogP) is 0.590. The highest BCUT2D eigenvalue weighted by Gasteiger charge is 2.13. The van der Waals surface area contributed by atoms with Gasteiger partial charge in [0.15, 0.2) is 12.4 Å². The first-order valence-corrected chi connectivity index (χ1v) is 4.39. The number of nitro groups is 1. The summed E-state index contributed by atoms with van der Waals surface area (Å²) in [5, 5.41) is 21.5. The molecule has 1 aromatic heterocycles. The fourth-order valence-corrected chi connectivity index (χ4v) is 1.09. The summed E-state index contributed by atoms with van der Waals surface area (Å²) in [4.78, 5) is 10.1. The van der Waals surface area contributed by atoms with Crippen LogP contribution in [0, 0.1) is 15.3 Å². The van der Waals surface area contributed by atoms with Crippen LogP contribution in [0.4, 0.5) is 5.69 Å². The molecule has 6 heteroatoms. The first-order chi connectivity index (χ1) is 7.15. The lowest BCUT2D eigenvalue weighted by Gasteiger charge is -1.98. The lowest BCUT2D eigenvalue weighted by molar-refractivity contribution is -0.606.